The maximum atomic E-state index is 12.8. The number of alkyl halides is 3. The third-order valence-corrected chi connectivity index (χ3v) is 6.35. The van der Waals surface area contributed by atoms with Gasteiger partial charge >= 0.3 is 6.18 Å². The Morgan fingerprint density at radius 2 is 1.76 bits per heavy atom. The van der Waals surface area contributed by atoms with E-state index in [0.717, 1.165) is 31.3 Å². The maximum absolute atomic E-state index is 12.8. The molecular formula is C27H39F3N4O2S. The third-order valence-electron chi connectivity index (χ3n) is 5.50. The zero-order valence-corrected chi connectivity index (χ0v) is 23.1. The lowest BCUT2D eigenvalue weighted by Gasteiger charge is -2.18. The number of allylic oxidation sites excluding steroid dienone is 2. The van der Waals surface area contributed by atoms with Crippen LogP contribution in [-0.4, -0.2) is 65.6 Å². The van der Waals surface area contributed by atoms with E-state index in [1.165, 1.54) is 24.0 Å². The minimum Gasteiger partial charge on any atom is -0.358 e. The number of carbonyl (C=O) groups is 2. The summed E-state index contributed by atoms with van der Waals surface area (Å²) in [5.41, 5.74) is 3.05. The van der Waals surface area contributed by atoms with Crippen LogP contribution in [0.4, 0.5) is 13.2 Å². The summed E-state index contributed by atoms with van der Waals surface area (Å²) in [6, 6.07) is 0. The molecule has 1 aromatic rings. The first kappa shape index (κ1) is 32.3. The van der Waals surface area contributed by atoms with Gasteiger partial charge in [0.15, 0.2) is 0 Å². The molecule has 0 aliphatic rings. The molecule has 0 aliphatic carbocycles. The van der Waals surface area contributed by atoms with Crippen LogP contribution < -0.4 is 10.6 Å². The van der Waals surface area contributed by atoms with Crippen molar-refractivity contribution in [2.24, 2.45) is 0 Å². The molecule has 0 aliphatic heterocycles. The van der Waals surface area contributed by atoms with Crippen molar-refractivity contribution in [3.05, 3.63) is 64.7 Å². The SMILES string of the molecule is CC=CNC(=O)C(C=CCSCC=CCC(F)(F)F)=Cc1[nH]c(C)c(C(=O)NCCN(CC)CC)c1C. The van der Waals surface area contributed by atoms with Gasteiger partial charge in [0.05, 0.1) is 12.0 Å². The Balaban J connectivity index is 2.95. The molecule has 0 radical (unpaired) electrons. The second-order valence-electron chi connectivity index (χ2n) is 8.25. The molecule has 1 rings (SSSR count). The van der Waals surface area contributed by atoms with Crippen LogP contribution in [0, 0.1) is 13.8 Å². The summed E-state index contributed by atoms with van der Waals surface area (Å²) in [6.07, 6.45) is 5.85. The Labute approximate surface area is 222 Å². The van der Waals surface area contributed by atoms with E-state index in [2.05, 4.69) is 34.4 Å². The van der Waals surface area contributed by atoms with E-state index >= 15 is 0 Å². The highest BCUT2D eigenvalue weighted by atomic mass is 32.2. The molecule has 1 aromatic heterocycles. The van der Waals surface area contributed by atoms with Crippen molar-refractivity contribution in [3.8, 4) is 0 Å². The second-order valence-corrected chi connectivity index (χ2v) is 9.33. The Bertz CT molecular complexity index is 991. The van der Waals surface area contributed by atoms with Gasteiger partial charge in [-0.3, -0.25) is 9.59 Å². The van der Waals surface area contributed by atoms with E-state index in [0.29, 0.717) is 40.6 Å². The fourth-order valence-corrected chi connectivity index (χ4v) is 4.11. The highest BCUT2D eigenvalue weighted by molar-refractivity contribution is 7.99. The molecule has 0 aromatic carbocycles. The molecule has 3 N–H and O–H groups in total. The van der Waals surface area contributed by atoms with Gasteiger partial charge in [0, 0.05) is 41.6 Å². The minimum atomic E-state index is -4.19. The summed E-state index contributed by atoms with van der Waals surface area (Å²) < 4.78 is 36.5. The number of amides is 2. The van der Waals surface area contributed by atoms with Crippen molar-refractivity contribution in [3.63, 3.8) is 0 Å². The maximum Gasteiger partial charge on any atom is 0.392 e. The van der Waals surface area contributed by atoms with Crippen molar-refractivity contribution in [2.45, 2.75) is 47.2 Å². The first-order chi connectivity index (χ1) is 17.5. The molecule has 0 saturated carbocycles. The zero-order valence-electron chi connectivity index (χ0n) is 22.3. The van der Waals surface area contributed by atoms with Gasteiger partial charge in [0.2, 0.25) is 0 Å². The van der Waals surface area contributed by atoms with Gasteiger partial charge in [-0.25, -0.2) is 0 Å². The topological polar surface area (TPSA) is 77.2 Å². The van der Waals surface area contributed by atoms with Crippen LogP contribution in [0.25, 0.3) is 6.08 Å². The number of rotatable bonds is 15. The van der Waals surface area contributed by atoms with E-state index in [4.69, 9.17) is 0 Å². The standard InChI is InChI=1S/C27H39F3N4O2S/c1-6-14-31-25(35)22(12-11-18-37-17-10-9-13-27(28,29)30)19-23-20(4)24(21(5)33-23)26(36)32-15-16-34(7-2)8-3/h6,9-12,14,19,33H,7-8,13,15-18H2,1-5H3,(H,31,35)(H,32,36). The molecular weight excluding hydrogens is 501 g/mol. The van der Waals surface area contributed by atoms with E-state index in [1.54, 1.807) is 31.2 Å². The number of H-pyrrole nitrogens is 1. The average molecular weight is 541 g/mol. The van der Waals surface area contributed by atoms with Crippen LogP contribution in [-0.2, 0) is 4.79 Å². The normalized spacial score (nSPS) is 12.9. The van der Waals surface area contributed by atoms with Crippen molar-refractivity contribution >= 4 is 29.7 Å². The Hall–Kier alpha value is -2.72. The average Bonchev–Trinajstić information content (AvgIpc) is 3.12. The van der Waals surface area contributed by atoms with Crippen molar-refractivity contribution in [1.82, 2.24) is 20.5 Å². The monoisotopic (exact) mass is 540 g/mol. The Morgan fingerprint density at radius 1 is 1.08 bits per heavy atom. The Morgan fingerprint density at radius 3 is 2.38 bits per heavy atom. The fraction of sp³-hybridized carbons (Fsp3) is 0.481. The summed E-state index contributed by atoms with van der Waals surface area (Å²) >= 11 is 1.43. The van der Waals surface area contributed by atoms with Crippen LogP contribution in [0.3, 0.4) is 0 Å². The van der Waals surface area contributed by atoms with Crippen LogP contribution in [0.5, 0.6) is 0 Å². The van der Waals surface area contributed by atoms with Gasteiger partial charge in [-0.15, -0.1) is 0 Å². The highest BCUT2D eigenvalue weighted by Gasteiger charge is 2.24. The number of carbonyl (C=O) groups excluding carboxylic acids is 2. The van der Waals surface area contributed by atoms with Crippen molar-refractivity contribution < 1.29 is 22.8 Å². The number of halogens is 3. The van der Waals surface area contributed by atoms with E-state index in [-0.39, 0.29) is 11.8 Å². The largest absolute Gasteiger partial charge is 0.392 e. The molecule has 6 nitrogen and oxygen atoms in total. The molecule has 206 valence electrons. The highest BCUT2D eigenvalue weighted by Crippen LogP contribution is 2.21. The van der Waals surface area contributed by atoms with Crippen molar-refractivity contribution in [2.75, 3.05) is 37.7 Å². The molecule has 2 amide bonds. The van der Waals surface area contributed by atoms with Gasteiger partial charge in [-0.05, 0) is 51.7 Å². The third kappa shape index (κ3) is 12.4. The van der Waals surface area contributed by atoms with Gasteiger partial charge in [-0.1, -0.05) is 44.2 Å². The van der Waals surface area contributed by atoms with Crippen LogP contribution >= 0.6 is 11.8 Å². The summed E-state index contributed by atoms with van der Waals surface area (Å²) in [5, 5.41) is 5.66. The molecule has 0 bridgehead atoms. The predicted octanol–water partition coefficient (Wildman–Crippen LogP) is 5.53. The van der Waals surface area contributed by atoms with Gasteiger partial charge in [0.25, 0.3) is 11.8 Å². The number of likely N-dealkylation sites (N-methyl/N-ethyl adjacent to an activating group) is 1. The lowest BCUT2D eigenvalue weighted by molar-refractivity contribution is -0.125. The smallest absolute Gasteiger partial charge is 0.358 e. The summed E-state index contributed by atoms with van der Waals surface area (Å²) in [7, 11) is 0. The molecule has 0 fully saturated rings. The number of aromatic nitrogens is 1. The molecule has 0 unspecified atom stereocenters. The summed E-state index contributed by atoms with van der Waals surface area (Å²) in [5.74, 6) is 0.476. The molecule has 37 heavy (non-hydrogen) atoms. The van der Waals surface area contributed by atoms with Crippen LogP contribution in [0.15, 0.2) is 42.2 Å². The number of thioether (sulfide) groups is 1. The summed E-state index contributed by atoms with van der Waals surface area (Å²) in [4.78, 5) is 31.0. The number of nitrogens with one attached hydrogen (secondary N) is 3. The minimum absolute atomic E-state index is 0.163. The molecule has 0 saturated heterocycles. The van der Waals surface area contributed by atoms with E-state index < -0.39 is 12.6 Å². The fourth-order valence-electron chi connectivity index (χ4n) is 3.47. The molecule has 10 heteroatoms. The first-order valence-electron chi connectivity index (χ1n) is 12.3. The van der Waals surface area contributed by atoms with Gasteiger partial charge in [0.1, 0.15) is 0 Å². The molecule has 0 atom stereocenters. The first-order valence-corrected chi connectivity index (χ1v) is 13.5. The summed E-state index contributed by atoms with van der Waals surface area (Å²) in [6.45, 7) is 12.7. The quantitative estimate of drug-likeness (QED) is 0.118. The second kappa shape index (κ2) is 16.9. The van der Waals surface area contributed by atoms with Gasteiger partial charge < -0.3 is 20.5 Å². The lowest BCUT2D eigenvalue weighted by Crippen LogP contribution is -2.35. The number of aromatic amines is 1. The van der Waals surface area contributed by atoms with E-state index in [1.807, 2.05) is 13.8 Å². The van der Waals surface area contributed by atoms with Crippen LogP contribution in [0.2, 0.25) is 0 Å². The number of hydrogen-bond acceptors (Lipinski definition) is 4. The van der Waals surface area contributed by atoms with E-state index in [9.17, 15) is 22.8 Å². The zero-order chi connectivity index (χ0) is 27.8. The predicted molar refractivity (Wildman–Crippen MR) is 148 cm³/mol. The molecule has 1 heterocycles. The van der Waals surface area contributed by atoms with Gasteiger partial charge in [-0.2, -0.15) is 24.9 Å². The number of hydrogen-bond donors (Lipinski definition) is 3. The van der Waals surface area contributed by atoms with Crippen molar-refractivity contribution in [1.29, 1.82) is 0 Å². The number of nitrogens with zero attached hydrogens (tertiary/aromatic N) is 1. The Kier molecular flexibility index (Phi) is 14.8. The lowest BCUT2D eigenvalue weighted by atomic mass is 10.1. The molecule has 0 spiro atoms. The van der Waals surface area contributed by atoms with Crippen LogP contribution in [0.1, 0.15) is 54.5 Å². The number of aryl methyl sites for hydroxylation is 1.